The number of likely N-dealkylation sites (tertiary alicyclic amines) is 1. The van der Waals surface area contributed by atoms with Crippen LogP contribution in [0.2, 0.25) is 0 Å². The minimum Gasteiger partial charge on any atom is -0.491 e. The monoisotopic (exact) mass is 330 g/mol. The van der Waals surface area contributed by atoms with Gasteiger partial charge >= 0.3 is 0 Å². The first-order valence-corrected chi connectivity index (χ1v) is 9.21. The molecule has 3 N–H and O–H groups in total. The number of aliphatic imine (C=N–C) groups is 1. The van der Waals surface area contributed by atoms with E-state index in [0.29, 0.717) is 12.0 Å². The number of anilines is 1. The van der Waals surface area contributed by atoms with E-state index in [1.807, 2.05) is 38.1 Å². The lowest BCUT2D eigenvalue weighted by Crippen LogP contribution is -2.49. The maximum absolute atomic E-state index is 6.05. The first-order chi connectivity index (χ1) is 11.6. The second-order valence-corrected chi connectivity index (χ2v) is 7.21. The molecule has 0 radical (unpaired) electrons. The molecule has 0 amide bonds. The number of hydrogen-bond donors (Lipinski definition) is 2. The fourth-order valence-electron chi connectivity index (χ4n) is 3.51. The molecule has 1 aromatic rings. The zero-order chi connectivity index (χ0) is 16.9. The van der Waals surface area contributed by atoms with E-state index in [2.05, 4.69) is 15.2 Å². The summed E-state index contributed by atoms with van der Waals surface area (Å²) in [7, 11) is 0. The number of piperidine rings is 1. The molecule has 5 heteroatoms. The predicted molar refractivity (Wildman–Crippen MR) is 99.7 cm³/mol. The molecule has 1 heterocycles. The number of nitrogens with two attached hydrogens (primary N) is 1. The Morgan fingerprint density at radius 2 is 1.83 bits per heavy atom. The summed E-state index contributed by atoms with van der Waals surface area (Å²) in [4.78, 5) is 7.25. The Hall–Kier alpha value is -1.75. The molecule has 1 aromatic carbocycles. The summed E-state index contributed by atoms with van der Waals surface area (Å²) in [6, 6.07) is 8.93. The standard InChI is InChI=1S/C19H30N4O/c1-14(2)24-18-8-6-15(7-9-18)21-19(20)22-16-12-17(13-16)23-10-4-3-5-11-23/h6-9,14,16-17H,3-5,10-13H2,1-2H3,(H3,20,21,22). The van der Waals surface area contributed by atoms with Crippen LogP contribution in [-0.2, 0) is 0 Å². The molecule has 0 unspecified atom stereocenters. The molecular weight excluding hydrogens is 300 g/mol. The van der Waals surface area contributed by atoms with Crippen LogP contribution in [0.3, 0.4) is 0 Å². The van der Waals surface area contributed by atoms with Crippen molar-refractivity contribution in [3.63, 3.8) is 0 Å². The maximum atomic E-state index is 6.05. The third-order valence-corrected chi connectivity index (χ3v) is 4.82. The van der Waals surface area contributed by atoms with Crippen molar-refractivity contribution >= 4 is 11.6 Å². The van der Waals surface area contributed by atoms with E-state index in [1.54, 1.807) is 0 Å². The Labute approximate surface area is 145 Å². The van der Waals surface area contributed by atoms with Crippen molar-refractivity contribution in [3.05, 3.63) is 24.3 Å². The zero-order valence-corrected chi connectivity index (χ0v) is 14.9. The van der Waals surface area contributed by atoms with Gasteiger partial charge in [0.15, 0.2) is 5.96 Å². The van der Waals surface area contributed by atoms with Crippen molar-refractivity contribution in [1.82, 2.24) is 4.90 Å². The highest BCUT2D eigenvalue weighted by molar-refractivity contribution is 5.92. The first kappa shape index (κ1) is 17.1. The van der Waals surface area contributed by atoms with Gasteiger partial charge < -0.3 is 20.7 Å². The molecule has 0 spiro atoms. The van der Waals surface area contributed by atoms with Crippen LogP contribution in [0.5, 0.6) is 5.75 Å². The van der Waals surface area contributed by atoms with Crippen LogP contribution in [0.25, 0.3) is 0 Å². The van der Waals surface area contributed by atoms with Crippen molar-refractivity contribution in [2.24, 2.45) is 10.7 Å². The molecule has 2 fully saturated rings. The summed E-state index contributed by atoms with van der Waals surface area (Å²) in [5.74, 6) is 1.38. The van der Waals surface area contributed by atoms with Crippen LogP contribution in [0.1, 0.15) is 46.0 Å². The van der Waals surface area contributed by atoms with E-state index >= 15 is 0 Å². The Kier molecular flexibility index (Phi) is 5.61. The van der Waals surface area contributed by atoms with Crippen LogP contribution in [0, 0.1) is 0 Å². The molecule has 1 saturated heterocycles. The number of nitrogens with one attached hydrogen (secondary N) is 1. The summed E-state index contributed by atoms with van der Waals surface area (Å²) in [6.45, 7) is 6.57. The fraction of sp³-hybridized carbons (Fsp3) is 0.632. The lowest BCUT2D eigenvalue weighted by atomic mass is 9.85. The Morgan fingerprint density at radius 3 is 2.46 bits per heavy atom. The van der Waals surface area contributed by atoms with Gasteiger partial charge in [-0.1, -0.05) is 6.42 Å². The number of nitrogens with zero attached hydrogens (tertiary/aromatic N) is 2. The molecule has 1 aliphatic carbocycles. The van der Waals surface area contributed by atoms with Crippen LogP contribution in [0.15, 0.2) is 29.3 Å². The Morgan fingerprint density at radius 1 is 1.17 bits per heavy atom. The van der Waals surface area contributed by atoms with E-state index in [4.69, 9.17) is 10.5 Å². The van der Waals surface area contributed by atoms with Crippen molar-refractivity contribution in [2.45, 2.75) is 64.1 Å². The Bertz CT molecular complexity index is 543. The van der Waals surface area contributed by atoms with Crippen LogP contribution in [-0.4, -0.2) is 42.1 Å². The van der Waals surface area contributed by atoms with Gasteiger partial charge in [0.25, 0.3) is 0 Å². The molecule has 1 aliphatic heterocycles. The normalized spacial score (nSPS) is 25.4. The van der Waals surface area contributed by atoms with E-state index in [0.717, 1.165) is 30.3 Å². The number of benzene rings is 1. The largest absolute Gasteiger partial charge is 0.491 e. The summed E-state index contributed by atoms with van der Waals surface area (Å²) < 4.78 is 5.64. The average molecular weight is 330 g/mol. The van der Waals surface area contributed by atoms with Gasteiger partial charge in [-0.05, 0) is 76.9 Å². The summed E-state index contributed by atoms with van der Waals surface area (Å²) >= 11 is 0. The number of ether oxygens (including phenoxy) is 1. The highest BCUT2D eigenvalue weighted by atomic mass is 16.5. The lowest BCUT2D eigenvalue weighted by Gasteiger charge is -2.43. The number of hydrogen-bond acceptors (Lipinski definition) is 3. The highest BCUT2D eigenvalue weighted by Crippen LogP contribution is 2.30. The first-order valence-electron chi connectivity index (χ1n) is 9.21. The van der Waals surface area contributed by atoms with E-state index in [1.165, 1.54) is 32.4 Å². The number of guanidine groups is 1. The minimum absolute atomic E-state index is 0.182. The van der Waals surface area contributed by atoms with Crippen LogP contribution < -0.4 is 15.8 Å². The predicted octanol–water partition coefficient (Wildman–Crippen LogP) is 3.22. The van der Waals surface area contributed by atoms with Crippen molar-refractivity contribution in [1.29, 1.82) is 0 Å². The van der Waals surface area contributed by atoms with Crippen molar-refractivity contribution in [3.8, 4) is 5.75 Å². The molecular formula is C19H30N4O. The zero-order valence-electron chi connectivity index (χ0n) is 14.9. The molecule has 5 nitrogen and oxygen atoms in total. The van der Waals surface area contributed by atoms with Gasteiger partial charge in [0.05, 0.1) is 12.1 Å². The second-order valence-electron chi connectivity index (χ2n) is 7.21. The van der Waals surface area contributed by atoms with E-state index < -0.39 is 0 Å². The molecule has 2 aliphatic rings. The quantitative estimate of drug-likeness (QED) is 0.643. The van der Waals surface area contributed by atoms with E-state index in [9.17, 15) is 0 Å². The maximum Gasteiger partial charge on any atom is 0.193 e. The van der Waals surface area contributed by atoms with Gasteiger partial charge in [-0.2, -0.15) is 0 Å². The number of rotatable bonds is 5. The molecule has 0 aromatic heterocycles. The molecule has 1 saturated carbocycles. The molecule has 0 bridgehead atoms. The van der Waals surface area contributed by atoms with E-state index in [-0.39, 0.29) is 6.10 Å². The third-order valence-electron chi connectivity index (χ3n) is 4.82. The van der Waals surface area contributed by atoms with Gasteiger partial charge in [-0.15, -0.1) is 0 Å². The van der Waals surface area contributed by atoms with Crippen molar-refractivity contribution in [2.75, 3.05) is 18.4 Å². The molecule has 132 valence electrons. The SMILES string of the molecule is CC(C)Oc1ccc(NC(N)=NC2CC(N3CCCCC3)C2)cc1. The average Bonchev–Trinajstić information content (AvgIpc) is 2.53. The molecule has 0 atom stereocenters. The Balaban J connectivity index is 1.45. The second kappa shape index (κ2) is 7.88. The molecule has 24 heavy (non-hydrogen) atoms. The van der Waals surface area contributed by atoms with Gasteiger partial charge in [0.2, 0.25) is 0 Å². The van der Waals surface area contributed by atoms with Crippen LogP contribution in [0.4, 0.5) is 5.69 Å². The van der Waals surface area contributed by atoms with Gasteiger partial charge in [0, 0.05) is 11.7 Å². The van der Waals surface area contributed by atoms with Gasteiger partial charge in [-0.3, -0.25) is 0 Å². The van der Waals surface area contributed by atoms with Gasteiger partial charge in [0.1, 0.15) is 5.75 Å². The van der Waals surface area contributed by atoms with Crippen LogP contribution >= 0.6 is 0 Å². The summed E-state index contributed by atoms with van der Waals surface area (Å²) in [6.07, 6.45) is 6.56. The summed E-state index contributed by atoms with van der Waals surface area (Å²) in [5, 5.41) is 3.17. The highest BCUT2D eigenvalue weighted by Gasteiger charge is 2.33. The smallest absolute Gasteiger partial charge is 0.193 e. The minimum atomic E-state index is 0.182. The third kappa shape index (κ3) is 4.63. The van der Waals surface area contributed by atoms with Crippen molar-refractivity contribution < 1.29 is 4.74 Å². The lowest BCUT2D eigenvalue weighted by molar-refractivity contribution is 0.0912. The topological polar surface area (TPSA) is 62.9 Å². The molecule has 3 rings (SSSR count). The fourth-order valence-corrected chi connectivity index (χ4v) is 3.51. The van der Waals surface area contributed by atoms with Gasteiger partial charge in [-0.25, -0.2) is 4.99 Å². The summed E-state index contributed by atoms with van der Waals surface area (Å²) in [5.41, 5.74) is 7.00.